The molecule has 0 unspecified atom stereocenters. The molecule has 0 radical (unpaired) electrons. The van der Waals surface area contributed by atoms with Gasteiger partial charge in [-0.15, -0.1) is 0 Å². The van der Waals surface area contributed by atoms with E-state index in [2.05, 4.69) is 39.5 Å². The number of carbonyl (C=O) groups is 3. The second-order valence-corrected chi connectivity index (χ2v) is 10.2. The van der Waals surface area contributed by atoms with Crippen LogP contribution in [0.25, 0.3) is 6.08 Å². The average molecular weight is 549 g/mol. The fraction of sp³-hybridized carbons (Fsp3) is 0.367. The fourth-order valence-electron chi connectivity index (χ4n) is 3.75. The van der Waals surface area contributed by atoms with Gasteiger partial charge in [0, 0.05) is 30.8 Å². The minimum Gasteiger partial charge on any atom is -0.444 e. The van der Waals surface area contributed by atoms with Crippen molar-refractivity contribution in [2.45, 2.75) is 39.0 Å². The maximum atomic E-state index is 12.6. The first kappa shape index (κ1) is 30.4. The minimum absolute atomic E-state index is 0.275. The van der Waals surface area contributed by atoms with Crippen LogP contribution in [-0.4, -0.2) is 72.5 Å². The Balaban J connectivity index is 1.51. The third-order valence-electron chi connectivity index (χ3n) is 5.79. The quantitative estimate of drug-likeness (QED) is 0.227. The smallest absolute Gasteiger partial charge is 0.407 e. The minimum atomic E-state index is -1.21. The summed E-state index contributed by atoms with van der Waals surface area (Å²) in [6.07, 6.45) is 2.81. The molecule has 212 valence electrons. The van der Waals surface area contributed by atoms with Gasteiger partial charge in [0.15, 0.2) is 0 Å². The Morgan fingerprint density at radius 1 is 1.07 bits per heavy atom. The van der Waals surface area contributed by atoms with Gasteiger partial charge < -0.3 is 20.1 Å². The second-order valence-electron chi connectivity index (χ2n) is 10.2. The highest BCUT2D eigenvalue weighted by Crippen LogP contribution is 2.10. The predicted molar refractivity (Wildman–Crippen MR) is 150 cm³/mol. The molecular weight excluding hydrogens is 512 g/mol. The Hall–Kier alpha value is -4.17. The highest BCUT2D eigenvalue weighted by Gasteiger charge is 2.23. The number of alkyl carbamates (subject to hydrolysis) is 1. The number of hydrogen-bond acceptors (Lipinski definition) is 7. The van der Waals surface area contributed by atoms with Gasteiger partial charge in [-0.2, -0.15) is 0 Å². The van der Waals surface area contributed by atoms with Crippen molar-refractivity contribution in [1.29, 1.82) is 0 Å². The molecule has 0 aliphatic carbocycles. The van der Waals surface area contributed by atoms with Crippen molar-refractivity contribution in [3.8, 4) is 11.8 Å². The van der Waals surface area contributed by atoms with E-state index < -0.39 is 29.6 Å². The van der Waals surface area contributed by atoms with Gasteiger partial charge in [-0.25, -0.2) is 10.3 Å². The third-order valence-corrected chi connectivity index (χ3v) is 5.79. The molecule has 1 aliphatic heterocycles. The molecule has 1 atom stereocenters. The van der Waals surface area contributed by atoms with Crippen molar-refractivity contribution < 1.29 is 29.1 Å². The van der Waals surface area contributed by atoms with E-state index in [1.54, 1.807) is 51.1 Å². The molecule has 1 aliphatic rings. The van der Waals surface area contributed by atoms with Gasteiger partial charge in [0.25, 0.3) is 11.8 Å². The topological polar surface area (TPSA) is 129 Å². The number of morpholine rings is 1. The predicted octanol–water partition coefficient (Wildman–Crippen LogP) is 2.71. The van der Waals surface area contributed by atoms with E-state index >= 15 is 0 Å². The first-order valence-corrected chi connectivity index (χ1v) is 13.0. The van der Waals surface area contributed by atoms with E-state index in [1.165, 1.54) is 11.0 Å². The molecule has 3 rings (SSSR count). The number of nitrogens with one attached hydrogen (secondary N) is 3. The summed E-state index contributed by atoms with van der Waals surface area (Å²) < 4.78 is 10.5. The summed E-state index contributed by atoms with van der Waals surface area (Å²) >= 11 is 0. The molecule has 2 aromatic rings. The summed E-state index contributed by atoms with van der Waals surface area (Å²) in [6.45, 7) is 9.19. The Bertz CT molecular complexity index is 1230. The number of hydrogen-bond donors (Lipinski definition) is 4. The standard InChI is InChI=1S/C30H36N4O6/c1-30(2,3)40-29(37)31-20-26(28(36)33-38)32-27(35)25-14-12-23(13-15-25)7-5-4-6-22-8-10-24(11-9-22)21-34-16-18-39-19-17-34/h5,7-15,26,38H,16-21H2,1-3H3,(H,31,37)(H,32,35)(H,33,36)/b7-5+/t26-/m0/s1. The van der Waals surface area contributed by atoms with Crippen LogP contribution in [0.5, 0.6) is 0 Å². The number of benzene rings is 2. The van der Waals surface area contributed by atoms with E-state index in [0.717, 1.165) is 44.0 Å². The van der Waals surface area contributed by atoms with Gasteiger partial charge in [0.1, 0.15) is 11.6 Å². The Morgan fingerprint density at radius 2 is 1.75 bits per heavy atom. The molecule has 2 aromatic carbocycles. The number of carbonyl (C=O) groups excluding carboxylic acids is 3. The zero-order valence-corrected chi connectivity index (χ0v) is 23.0. The molecule has 1 fully saturated rings. The molecule has 0 spiro atoms. The van der Waals surface area contributed by atoms with Crippen molar-refractivity contribution >= 4 is 24.0 Å². The van der Waals surface area contributed by atoms with Gasteiger partial charge in [0.2, 0.25) is 0 Å². The van der Waals surface area contributed by atoms with Gasteiger partial charge in [-0.1, -0.05) is 36.1 Å². The molecule has 1 saturated heterocycles. The van der Waals surface area contributed by atoms with E-state index in [-0.39, 0.29) is 6.54 Å². The van der Waals surface area contributed by atoms with Crippen LogP contribution >= 0.6 is 0 Å². The first-order valence-electron chi connectivity index (χ1n) is 13.0. The largest absolute Gasteiger partial charge is 0.444 e. The monoisotopic (exact) mass is 548 g/mol. The summed E-state index contributed by atoms with van der Waals surface area (Å²) in [5, 5.41) is 13.9. The Labute approximate surface area is 234 Å². The summed E-state index contributed by atoms with van der Waals surface area (Å²) in [5.41, 5.74) is 4.07. The van der Waals surface area contributed by atoms with Gasteiger partial charge >= 0.3 is 6.09 Å². The number of amides is 3. The van der Waals surface area contributed by atoms with Crippen molar-refractivity contribution in [2.24, 2.45) is 0 Å². The first-order chi connectivity index (χ1) is 19.1. The zero-order chi connectivity index (χ0) is 29.0. The SMILES string of the molecule is CC(C)(C)OC(=O)NC[C@H](NC(=O)c1ccc(/C=C/C#Cc2ccc(CN3CCOCC3)cc2)cc1)C(=O)NO. The molecule has 0 saturated carbocycles. The van der Waals surface area contributed by atoms with Crippen LogP contribution in [0.2, 0.25) is 0 Å². The summed E-state index contributed by atoms with van der Waals surface area (Å²) in [5.74, 6) is 4.71. The zero-order valence-electron chi connectivity index (χ0n) is 23.0. The lowest BCUT2D eigenvalue weighted by molar-refractivity contribution is -0.131. The van der Waals surface area contributed by atoms with Crippen LogP contribution < -0.4 is 16.1 Å². The molecule has 4 N–H and O–H groups in total. The van der Waals surface area contributed by atoms with E-state index in [9.17, 15) is 14.4 Å². The normalized spacial score (nSPS) is 14.5. The Morgan fingerprint density at radius 3 is 2.38 bits per heavy atom. The van der Waals surface area contributed by atoms with Crippen LogP contribution in [0.4, 0.5) is 4.79 Å². The summed E-state index contributed by atoms with van der Waals surface area (Å²) in [6, 6.07) is 13.7. The number of ether oxygens (including phenoxy) is 2. The lowest BCUT2D eigenvalue weighted by Crippen LogP contribution is -2.52. The molecule has 10 heteroatoms. The molecule has 1 heterocycles. The highest BCUT2D eigenvalue weighted by atomic mass is 16.6. The number of hydroxylamine groups is 1. The van der Waals surface area contributed by atoms with Gasteiger partial charge in [-0.05, 0) is 68.3 Å². The molecule has 0 bridgehead atoms. The van der Waals surface area contributed by atoms with Crippen LogP contribution in [0.1, 0.15) is 47.8 Å². The van der Waals surface area contributed by atoms with Crippen molar-refractivity contribution in [3.05, 3.63) is 76.9 Å². The molecule has 10 nitrogen and oxygen atoms in total. The molecule has 40 heavy (non-hydrogen) atoms. The van der Waals surface area contributed by atoms with Crippen LogP contribution in [-0.2, 0) is 20.8 Å². The van der Waals surface area contributed by atoms with E-state index in [0.29, 0.717) is 5.56 Å². The van der Waals surface area contributed by atoms with Gasteiger partial charge in [0.05, 0.1) is 19.8 Å². The lowest BCUT2D eigenvalue weighted by Gasteiger charge is -2.26. The molecular formula is C30H36N4O6. The van der Waals surface area contributed by atoms with Crippen LogP contribution in [0, 0.1) is 11.8 Å². The van der Waals surface area contributed by atoms with Crippen molar-refractivity contribution in [1.82, 2.24) is 21.0 Å². The lowest BCUT2D eigenvalue weighted by atomic mass is 10.1. The fourth-order valence-corrected chi connectivity index (χ4v) is 3.75. The maximum Gasteiger partial charge on any atom is 0.407 e. The van der Waals surface area contributed by atoms with E-state index in [4.69, 9.17) is 14.7 Å². The van der Waals surface area contributed by atoms with Crippen molar-refractivity contribution in [3.63, 3.8) is 0 Å². The van der Waals surface area contributed by atoms with Crippen molar-refractivity contribution in [2.75, 3.05) is 32.8 Å². The number of rotatable bonds is 8. The maximum absolute atomic E-state index is 12.6. The van der Waals surface area contributed by atoms with E-state index in [1.807, 2.05) is 18.2 Å². The number of allylic oxidation sites excluding steroid dienone is 1. The molecule has 0 aromatic heterocycles. The molecule has 3 amide bonds. The van der Waals surface area contributed by atoms with Gasteiger partial charge in [-0.3, -0.25) is 19.7 Å². The summed E-state index contributed by atoms with van der Waals surface area (Å²) in [7, 11) is 0. The summed E-state index contributed by atoms with van der Waals surface area (Å²) in [4.78, 5) is 38.9. The highest BCUT2D eigenvalue weighted by molar-refractivity contribution is 5.97. The average Bonchev–Trinajstić information content (AvgIpc) is 2.93. The number of nitrogens with zero attached hydrogens (tertiary/aromatic N) is 1. The third kappa shape index (κ3) is 10.5. The van der Waals surface area contributed by atoms with Crippen LogP contribution in [0.3, 0.4) is 0 Å². The second kappa shape index (κ2) is 14.8. The van der Waals surface area contributed by atoms with Crippen LogP contribution in [0.15, 0.2) is 54.6 Å². The Kier molecular flexibility index (Phi) is 11.3.